The van der Waals surface area contributed by atoms with E-state index in [2.05, 4.69) is 23.7 Å². The van der Waals surface area contributed by atoms with Crippen molar-refractivity contribution in [2.45, 2.75) is 25.7 Å². The molecule has 1 aromatic heterocycles. The van der Waals surface area contributed by atoms with E-state index in [1.54, 1.807) is 24.3 Å². The van der Waals surface area contributed by atoms with Crippen LogP contribution < -0.4 is 4.90 Å². The van der Waals surface area contributed by atoms with Crippen molar-refractivity contribution < 1.29 is 13.2 Å². The van der Waals surface area contributed by atoms with Gasteiger partial charge in [-0.2, -0.15) is 0 Å². The third-order valence-corrected chi connectivity index (χ3v) is 7.72. The van der Waals surface area contributed by atoms with E-state index in [0.29, 0.717) is 18.2 Å². The first-order chi connectivity index (χ1) is 14.3. The van der Waals surface area contributed by atoms with Crippen LogP contribution in [0.3, 0.4) is 0 Å². The normalized spacial score (nSPS) is 11.5. The van der Waals surface area contributed by atoms with Crippen LogP contribution in [0, 0.1) is 6.92 Å². The molecule has 0 saturated carbocycles. The molecule has 0 bridgehead atoms. The molecule has 0 aliphatic heterocycles. The summed E-state index contributed by atoms with van der Waals surface area (Å²) < 4.78 is 26.6. The molecule has 0 N–H and O–H groups in total. The van der Waals surface area contributed by atoms with Crippen molar-refractivity contribution in [3.63, 3.8) is 0 Å². The quantitative estimate of drug-likeness (QED) is 0.458. The van der Waals surface area contributed by atoms with Crippen molar-refractivity contribution in [1.82, 2.24) is 9.88 Å². The van der Waals surface area contributed by atoms with Gasteiger partial charge < -0.3 is 4.90 Å². The summed E-state index contributed by atoms with van der Waals surface area (Å²) in [4.78, 5) is 21.6. The van der Waals surface area contributed by atoms with Gasteiger partial charge in [0.15, 0.2) is 15.0 Å². The number of thiazole rings is 1. The highest BCUT2D eigenvalue weighted by atomic mass is 35.5. The number of carbonyl (C=O) groups is 1. The van der Waals surface area contributed by atoms with Crippen LogP contribution in [0.4, 0.5) is 5.13 Å². The molecule has 3 aromatic rings. The molecular weight excluding hydrogens is 454 g/mol. The fourth-order valence-electron chi connectivity index (χ4n) is 3.15. The van der Waals surface area contributed by atoms with E-state index in [4.69, 9.17) is 0 Å². The Morgan fingerprint density at radius 3 is 2.26 bits per heavy atom. The molecule has 1 amide bonds. The molecule has 0 fully saturated rings. The molecule has 1 heterocycles. The van der Waals surface area contributed by atoms with Crippen LogP contribution in [0.25, 0.3) is 10.2 Å². The summed E-state index contributed by atoms with van der Waals surface area (Å²) in [5.41, 5.74) is 1.77. The fourth-order valence-corrected chi connectivity index (χ4v) is 5.36. The lowest BCUT2D eigenvalue weighted by atomic mass is 10.2. The second-order valence-corrected chi connectivity index (χ2v) is 10.1. The molecule has 0 unspecified atom stereocenters. The van der Waals surface area contributed by atoms with Gasteiger partial charge in [-0.15, -0.1) is 12.4 Å². The molecule has 3 rings (SSSR count). The first-order valence-corrected chi connectivity index (χ1v) is 12.5. The minimum atomic E-state index is -3.74. The molecular formula is C22H28ClN3O3S2. The van der Waals surface area contributed by atoms with E-state index < -0.39 is 21.5 Å². The standard InChI is InChI=1S/C22H27N3O3S2.ClH/c1-4-24(5-2)14-15-25(22-23-19-8-6-7-9-20(19)29-22)21(26)16-30(27,28)18-12-10-17(3)11-13-18;/h6-13H,4-5,14-16H2,1-3H3;1H. The predicted octanol–water partition coefficient (Wildman–Crippen LogP) is 4.18. The van der Waals surface area contributed by atoms with Gasteiger partial charge in [0.2, 0.25) is 5.91 Å². The Bertz CT molecular complexity index is 1080. The number of rotatable bonds is 9. The van der Waals surface area contributed by atoms with Gasteiger partial charge in [-0.05, 0) is 44.3 Å². The van der Waals surface area contributed by atoms with Gasteiger partial charge in [-0.3, -0.25) is 9.69 Å². The Morgan fingerprint density at radius 1 is 1.00 bits per heavy atom. The first-order valence-electron chi connectivity index (χ1n) is 10.0. The average Bonchev–Trinajstić information content (AvgIpc) is 3.15. The van der Waals surface area contributed by atoms with Crippen molar-refractivity contribution in [3.05, 3.63) is 54.1 Å². The van der Waals surface area contributed by atoms with Crippen molar-refractivity contribution >= 4 is 54.8 Å². The minimum absolute atomic E-state index is 0. The topological polar surface area (TPSA) is 70.6 Å². The summed E-state index contributed by atoms with van der Waals surface area (Å²) >= 11 is 1.40. The Kier molecular flexibility index (Phi) is 9.00. The van der Waals surface area contributed by atoms with Crippen LogP contribution in [0.1, 0.15) is 19.4 Å². The zero-order chi connectivity index (χ0) is 21.7. The molecule has 0 saturated heterocycles. The zero-order valence-corrected chi connectivity index (χ0v) is 20.4. The molecule has 168 valence electrons. The Morgan fingerprint density at radius 2 is 1.65 bits per heavy atom. The zero-order valence-electron chi connectivity index (χ0n) is 17.9. The molecule has 31 heavy (non-hydrogen) atoms. The fraction of sp³-hybridized carbons (Fsp3) is 0.364. The highest BCUT2D eigenvalue weighted by molar-refractivity contribution is 7.92. The van der Waals surface area contributed by atoms with Gasteiger partial charge in [0, 0.05) is 13.1 Å². The number of anilines is 1. The number of benzene rings is 2. The maximum Gasteiger partial charge on any atom is 0.244 e. The summed E-state index contributed by atoms with van der Waals surface area (Å²) in [5.74, 6) is -1.04. The number of hydrogen-bond donors (Lipinski definition) is 0. The number of aryl methyl sites for hydroxylation is 1. The highest BCUT2D eigenvalue weighted by Gasteiger charge is 2.26. The van der Waals surface area contributed by atoms with Gasteiger partial charge >= 0.3 is 0 Å². The van der Waals surface area contributed by atoms with Crippen LogP contribution in [-0.2, 0) is 14.6 Å². The monoisotopic (exact) mass is 481 g/mol. The van der Waals surface area contributed by atoms with E-state index in [0.717, 1.165) is 28.9 Å². The second kappa shape index (κ2) is 11.0. The minimum Gasteiger partial charge on any atom is -0.302 e. The van der Waals surface area contributed by atoms with Crippen molar-refractivity contribution in [2.75, 3.05) is 36.8 Å². The number of hydrogen-bond acceptors (Lipinski definition) is 6. The van der Waals surface area contributed by atoms with Gasteiger partial charge in [0.05, 0.1) is 15.1 Å². The number of nitrogens with zero attached hydrogens (tertiary/aromatic N) is 3. The Hall–Kier alpha value is -2.00. The summed E-state index contributed by atoms with van der Waals surface area (Å²) in [6, 6.07) is 14.2. The van der Waals surface area contributed by atoms with E-state index >= 15 is 0 Å². The number of amides is 1. The molecule has 0 atom stereocenters. The first kappa shape index (κ1) is 25.3. The maximum absolute atomic E-state index is 13.2. The van der Waals surface area contributed by atoms with E-state index in [1.165, 1.54) is 16.2 Å². The number of fused-ring (bicyclic) bond motifs is 1. The van der Waals surface area contributed by atoms with Crippen LogP contribution in [-0.4, -0.2) is 56.1 Å². The van der Waals surface area contributed by atoms with Gasteiger partial charge in [-0.25, -0.2) is 13.4 Å². The summed E-state index contributed by atoms with van der Waals surface area (Å²) in [6.07, 6.45) is 0. The van der Waals surface area contributed by atoms with Crippen molar-refractivity contribution in [2.24, 2.45) is 0 Å². The van der Waals surface area contributed by atoms with E-state index in [9.17, 15) is 13.2 Å². The SMILES string of the molecule is CCN(CC)CCN(C(=O)CS(=O)(=O)c1ccc(C)cc1)c1nc2ccccc2s1.Cl. The molecule has 9 heteroatoms. The lowest BCUT2D eigenvalue weighted by Gasteiger charge is -2.24. The smallest absolute Gasteiger partial charge is 0.244 e. The molecule has 0 aliphatic carbocycles. The largest absolute Gasteiger partial charge is 0.302 e. The van der Waals surface area contributed by atoms with Gasteiger partial charge in [-0.1, -0.05) is 55.0 Å². The summed E-state index contributed by atoms with van der Waals surface area (Å²) in [7, 11) is -3.74. The predicted molar refractivity (Wildman–Crippen MR) is 130 cm³/mol. The lowest BCUT2D eigenvalue weighted by molar-refractivity contribution is -0.116. The molecule has 0 radical (unpaired) electrons. The molecule has 2 aromatic carbocycles. The summed E-state index contributed by atoms with van der Waals surface area (Å²) in [5, 5.41) is 0.535. The maximum atomic E-state index is 13.2. The number of para-hydroxylation sites is 1. The van der Waals surface area contributed by atoms with Crippen LogP contribution >= 0.6 is 23.7 Å². The van der Waals surface area contributed by atoms with E-state index in [1.807, 2.05) is 31.2 Å². The number of likely N-dealkylation sites (N-methyl/N-ethyl adjacent to an activating group) is 1. The third kappa shape index (κ3) is 6.26. The Labute approximate surface area is 194 Å². The van der Waals surface area contributed by atoms with Crippen molar-refractivity contribution in [1.29, 1.82) is 0 Å². The van der Waals surface area contributed by atoms with Crippen LogP contribution in [0.15, 0.2) is 53.4 Å². The second-order valence-electron chi connectivity index (χ2n) is 7.11. The van der Waals surface area contributed by atoms with Gasteiger partial charge in [0.1, 0.15) is 5.75 Å². The highest BCUT2D eigenvalue weighted by Crippen LogP contribution is 2.29. The number of halogens is 1. The van der Waals surface area contributed by atoms with Crippen LogP contribution in [0.5, 0.6) is 0 Å². The average molecular weight is 482 g/mol. The van der Waals surface area contributed by atoms with Crippen molar-refractivity contribution in [3.8, 4) is 0 Å². The molecule has 6 nitrogen and oxygen atoms in total. The third-order valence-electron chi connectivity index (χ3n) is 5.04. The summed E-state index contributed by atoms with van der Waals surface area (Å²) in [6.45, 7) is 8.79. The number of aromatic nitrogens is 1. The van der Waals surface area contributed by atoms with E-state index in [-0.39, 0.29) is 17.3 Å². The molecule has 0 aliphatic rings. The molecule has 0 spiro atoms. The number of sulfone groups is 1. The Balaban J connectivity index is 0.00000341. The number of carbonyl (C=O) groups excluding carboxylic acids is 1. The van der Waals surface area contributed by atoms with Crippen LogP contribution in [0.2, 0.25) is 0 Å². The van der Waals surface area contributed by atoms with Gasteiger partial charge in [0.25, 0.3) is 0 Å². The lowest BCUT2D eigenvalue weighted by Crippen LogP contribution is -2.41.